The van der Waals surface area contributed by atoms with Crippen LogP contribution in [-0.2, 0) is 0 Å². The summed E-state index contributed by atoms with van der Waals surface area (Å²) in [6.45, 7) is 10.5. The van der Waals surface area contributed by atoms with Gasteiger partial charge in [-0.2, -0.15) is 0 Å². The molecule has 0 bridgehead atoms. The number of nitrogens with zero attached hydrogens (tertiary/aromatic N) is 1. The molecule has 0 aromatic rings. The smallest absolute Gasteiger partial charge is 0.0585 e. The van der Waals surface area contributed by atoms with Gasteiger partial charge in [0.25, 0.3) is 0 Å². The van der Waals surface area contributed by atoms with Gasteiger partial charge < -0.3 is 10.0 Å². The van der Waals surface area contributed by atoms with Crippen molar-refractivity contribution in [1.29, 1.82) is 0 Å². The van der Waals surface area contributed by atoms with Crippen LogP contribution in [0.15, 0.2) is 0 Å². The molecule has 0 saturated heterocycles. The second kappa shape index (κ2) is 6.36. The normalized spacial score (nSPS) is 39.1. The summed E-state index contributed by atoms with van der Waals surface area (Å²) >= 11 is 0. The van der Waals surface area contributed by atoms with E-state index < -0.39 is 0 Å². The van der Waals surface area contributed by atoms with Crippen molar-refractivity contribution in [3.8, 4) is 0 Å². The molecular weight excluding hydrogens is 246 g/mol. The minimum Gasteiger partial charge on any atom is -0.393 e. The molecule has 20 heavy (non-hydrogen) atoms. The standard InChI is InChI=1S/C18H35NO/c1-13-10-14(2)16(17(20)11-13)12-19(5)15-6-8-18(3,4)9-7-15/h13-17,20H,6-12H2,1-5H3. The topological polar surface area (TPSA) is 23.5 Å². The molecule has 0 spiro atoms. The van der Waals surface area contributed by atoms with Gasteiger partial charge in [-0.15, -0.1) is 0 Å². The van der Waals surface area contributed by atoms with E-state index >= 15 is 0 Å². The third kappa shape index (κ3) is 3.98. The highest BCUT2D eigenvalue weighted by atomic mass is 16.3. The first kappa shape index (κ1) is 16.3. The molecule has 118 valence electrons. The monoisotopic (exact) mass is 281 g/mol. The molecule has 2 aliphatic rings. The lowest BCUT2D eigenvalue weighted by molar-refractivity contribution is -0.00957. The minimum absolute atomic E-state index is 0.0868. The van der Waals surface area contributed by atoms with Gasteiger partial charge in [-0.25, -0.2) is 0 Å². The average Bonchev–Trinajstić information content (AvgIpc) is 2.33. The molecule has 0 heterocycles. The van der Waals surface area contributed by atoms with Crippen LogP contribution in [0.3, 0.4) is 0 Å². The Hall–Kier alpha value is -0.0800. The van der Waals surface area contributed by atoms with Crippen molar-refractivity contribution in [3.05, 3.63) is 0 Å². The lowest BCUT2D eigenvalue weighted by Gasteiger charge is -2.43. The first-order chi connectivity index (χ1) is 9.28. The van der Waals surface area contributed by atoms with Crippen LogP contribution in [0, 0.1) is 23.2 Å². The zero-order valence-corrected chi connectivity index (χ0v) is 14.2. The Bertz CT molecular complexity index is 293. The molecule has 0 aromatic heterocycles. The number of aliphatic hydroxyl groups excluding tert-OH is 1. The predicted molar refractivity (Wildman–Crippen MR) is 85.7 cm³/mol. The largest absolute Gasteiger partial charge is 0.393 e. The molecule has 0 aromatic carbocycles. The van der Waals surface area contributed by atoms with Crippen molar-refractivity contribution in [1.82, 2.24) is 4.90 Å². The van der Waals surface area contributed by atoms with Crippen molar-refractivity contribution >= 4 is 0 Å². The summed E-state index contributed by atoms with van der Waals surface area (Å²) in [5.41, 5.74) is 0.546. The van der Waals surface area contributed by atoms with Crippen LogP contribution in [0.4, 0.5) is 0 Å². The fourth-order valence-electron chi connectivity index (χ4n) is 4.48. The Labute approximate surface area is 125 Å². The van der Waals surface area contributed by atoms with Gasteiger partial charge in [0, 0.05) is 18.5 Å². The van der Waals surface area contributed by atoms with Gasteiger partial charge in [-0.1, -0.05) is 27.7 Å². The molecular formula is C18H35NO. The molecule has 0 amide bonds. The first-order valence-electron chi connectivity index (χ1n) is 8.67. The van der Waals surface area contributed by atoms with Crippen LogP contribution in [-0.4, -0.2) is 35.7 Å². The Morgan fingerprint density at radius 3 is 2.25 bits per heavy atom. The van der Waals surface area contributed by atoms with E-state index in [1.807, 2.05) is 0 Å². The number of hydrogen-bond donors (Lipinski definition) is 1. The van der Waals surface area contributed by atoms with Gasteiger partial charge in [0.2, 0.25) is 0 Å². The molecule has 2 heteroatoms. The zero-order valence-electron chi connectivity index (χ0n) is 14.2. The van der Waals surface area contributed by atoms with Gasteiger partial charge in [-0.3, -0.25) is 0 Å². The second-order valence-corrected chi connectivity index (χ2v) is 8.62. The van der Waals surface area contributed by atoms with E-state index in [0.717, 1.165) is 19.0 Å². The van der Waals surface area contributed by atoms with E-state index in [1.165, 1.54) is 32.1 Å². The maximum atomic E-state index is 10.4. The average molecular weight is 281 g/mol. The minimum atomic E-state index is -0.0868. The molecule has 2 saturated carbocycles. The number of aliphatic hydroxyl groups is 1. The molecule has 0 aliphatic heterocycles. The van der Waals surface area contributed by atoms with Gasteiger partial charge in [0.15, 0.2) is 0 Å². The molecule has 4 atom stereocenters. The zero-order chi connectivity index (χ0) is 14.9. The highest BCUT2D eigenvalue weighted by molar-refractivity contribution is 4.88. The summed E-state index contributed by atoms with van der Waals surface area (Å²) in [6.07, 6.45) is 7.56. The number of hydrogen-bond acceptors (Lipinski definition) is 2. The summed E-state index contributed by atoms with van der Waals surface area (Å²) in [4.78, 5) is 2.55. The second-order valence-electron chi connectivity index (χ2n) is 8.62. The maximum Gasteiger partial charge on any atom is 0.0585 e. The molecule has 1 N–H and O–H groups in total. The summed E-state index contributed by atoms with van der Waals surface area (Å²) in [6, 6.07) is 0.738. The molecule has 0 radical (unpaired) electrons. The van der Waals surface area contributed by atoms with Gasteiger partial charge in [0.1, 0.15) is 0 Å². The summed E-state index contributed by atoms with van der Waals surface area (Å²) in [5, 5.41) is 10.4. The van der Waals surface area contributed by atoms with Gasteiger partial charge in [-0.05, 0) is 62.8 Å². The fraction of sp³-hybridized carbons (Fsp3) is 1.00. The molecule has 2 nitrogen and oxygen atoms in total. The summed E-state index contributed by atoms with van der Waals surface area (Å²) in [5.74, 6) is 1.83. The quantitative estimate of drug-likeness (QED) is 0.847. The Balaban J connectivity index is 1.86. The third-order valence-electron chi connectivity index (χ3n) is 6.07. The maximum absolute atomic E-state index is 10.4. The van der Waals surface area contributed by atoms with Crippen molar-refractivity contribution < 1.29 is 5.11 Å². The first-order valence-corrected chi connectivity index (χ1v) is 8.67. The van der Waals surface area contributed by atoms with E-state index in [2.05, 4.69) is 39.6 Å². The van der Waals surface area contributed by atoms with Crippen molar-refractivity contribution in [3.63, 3.8) is 0 Å². The lowest BCUT2D eigenvalue weighted by Crippen LogP contribution is -2.45. The van der Waals surface area contributed by atoms with E-state index in [-0.39, 0.29) is 6.10 Å². The van der Waals surface area contributed by atoms with E-state index in [0.29, 0.717) is 23.2 Å². The third-order valence-corrected chi connectivity index (χ3v) is 6.07. The van der Waals surface area contributed by atoms with Crippen LogP contribution in [0.2, 0.25) is 0 Å². The predicted octanol–water partition coefficient (Wildman–Crippen LogP) is 3.93. The molecule has 2 rings (SSSR count). The molecule has 2 aliphatic carbocycles. The Morgan fingerprint density at radius 2 is 1.70 bits per heavy atom. The Kier molecular flexibility index (Phi) is 5.18. The van der Waals surface area contributed by atoms with Crippen LogP contribution in [0.1, 0.15) is 66.2 Å². The summed E-state index contributed by atoms with van der Waals surface area (Å²) < 4.78 is 0. The van der Waals surface area contributed by atoms with Crippen LogP contribution >= 0.6 is 0 Å². The SMILES string of the molecule is CC1CC(C)C(CN(C)C2CCC(C)(C)CC2)C(O)C1. The summed E-state index contributed by atoms with van der Waals surface area (Å²) in [7, 11) is 2.28. The van der Waals surface area contributed by atoms with Crippen molar-refractivity contribution in [2.45, 2.75) is 78.4 Å². The Morgan fingerprint density at radius 1 is 1.10 bits per heavy atom. The molecule has 2 fully saturated rings. The highest BCUT2D eigenvalue weighted by Crippen LogP contribution is 2.38. The van der Waals surface area contributed by atoms with E-state index in [1.54, 1.807) is 0 Å². The van der Waals surface area contributed by atoms with Gasteiger partial charge >= 0.3 is 0 Å². The van der Waals surface area contributed by atoms with E-state index in [4.69, 9.17) is 0 Å². The van der Waals surface area contributed by atoms with Crippen LogP contribution in [0.5, 0.6) is 0 Å². The number of rotatable bonds is 3. The highest BCUT2D eigenvalue weighted by Gasteiger charge is 2.35. The van der Waals surface area contributed by atoms with Crippen molar-refractivity contribution in [2.75, 3.05) is 13.6 Å². The van der Waals surface area contributed by atoms with Crippen LogP contribution < -0.4 is 0 Å². The van der Waals surface area contributed by atoms with E-state index in [9.17, 15) is 5.11 Å². The fourth-order valence-corrected chi connectivity index (χ4v) is 4.48. The lowest BCUT2D eigenvalue weighted by atomic mass is 9.72. The van der Waals surface area contributed by atoms with Crippen LogP contribution in [0.25, 0.3) is 0 Å². The van der Waals surface area contributed by atoms with Gasteiger partial charge in [0.05, 0.1) is 6.10 Å². The molecule has 4 unspecified atom stereocenters. The van der Waals surface area contributed by atoms with Crippen molar-refractivity contribution in [2.24, 2.45) is 23.2 Å².